The first kappa shape index (κ1) is 8.42. The maximum Gasteiger partial charge on any atom is 0.0940 e. The van der Waals surface area contributed by atoms with E-state index in [0.717, 1.165) is 9.23 Å². The van der Waals surface area contributed by atoms with Crippen LogP contribution < -0.4 is 0 Å². The molecule has 1 heterocycles. The number of thiol groups is 1. The first-order chi connectivity index (χ1) is 5.66. The van der Waals surface area contributed by atoms with Gasteiger partial charge in [-0.25, -0.2) is 0 Å². The fourth-order valence-corrected chi connectivity index (χ4v) is 2.80. The predicted octanol–water partition coefficient (Wildman–Crippen LogP) is 4.15. The van der Waals surface area contributed by atoms with E-state index in [1.165, 1.54) is 15.6 Å². The topological polar surface area (TPSA) is 0 Å². The van der Waals surface area contributed by atoms with Crippen LogP contribution in [0.15, 0.2) is 23.1 Å². The lowest BCUT2D eigenvalue weighted by Crippen LogP contribution is -1.72. The molecule has 1 aromatic carbocycles. The zero-order valence-electron chi connectivity index (χ0n) is 6.47. The molecule has 2 aromatic rings. The number of rotatable bonds is 0. The number of thiophene rings is 1. The highest BCUT2D eigenvalue weighted by molar-refractivity contribution is 7.80. The lowest BCUT2D eigenvalue weighted by molar-refractivity contribution is 1.44. The van der Waals surface area contributed by atoms with Gasteiger partial charge in [-0.05, 0) is 36.1 Å². The minimum atomic E-state index is 0.840. The fraction of sp³-hybridized carbons (Fsp3) is 0.111. The van der Waals surface area contributed by atoms with Crippen LogP contribution in [-0.4, -0.2) is 0 Å². The Bertz CT molecular complexity index is 431. The van der Waals surface area contributed by atoms with Gasteiger partial charge in [-0.15, -0.1) is 24.0 Å². The van der Waals surface area contributed by atoms with Crippen LogP contribution in [0.3, 0.4) is 0 Å². The Morgan fingerprint density at radius 2 is 2.08 bits per heavy atom. The summed E-state index contributed by atoms with van der Waals surface area (Å²) in [5, 5.41) is 1.19. The van der Waals surface area contributed by atoms with Gasteiger partial charge < -0.3 is 0 Å². The van der Waals surface area contributed by atoms with Gasteiger partial charge in [-0.2, -0.15) is 0 Å². The molecule has 0 saturated carbocycles. The van der Waals surface area contributed by atoms with Crippen LogP contribution in [0.4, 0.5) is 0 Å². The SMILES string of the molecule is Cc1cc(S)cc2cc(Cl)sc12. The second kappa shape index (κ2) is 2.95. The van der Waals surface area contributed by atoms with Gasteiger partial charge in [-0.1, -0.05) is 11.6 Å². The van der Waals surface area contributed by atoms with Crippen molar-refractivity contribution in [1.29, 1.82) is 0 Å². The van der Waals surface area contributed by atoms with Crippen LogP contribution in [0.1, 0.15) is 5.56 Å². The third kappa shape index (κ3) is 1.35. The average molecular weight is 215 g/mol. The Labute approximate surface area is 85.6 Å². The quantitative estimate of drug-likeness (QED) is 0.626. The van der Waals surface area contributed by atoms with Gasteiger partial charge in [0.25, 0.3) is 0 Å². The molecule has 62 valence electrons. The number of benzene rings is 1. The molecular formula is C9H7ClS2. The number of hydrogen-bond donors (Lipinski definition) is 1. The Morgan fingerprint density at radius 1 is 1.33 bits per heavy atom. The van der Waals surface area contributed by atoms with E-state index in [4.69, 9.17) is 11.6 Å². The van der Waals surface area contributed by atoms with E-state index >= 15 is 0 Å². The number of hydrogen-bond acceptors (Lipinski definition) is 2. The molecule has 0 fully saturated rings. The van der Waals surface area contributed by atoms with E-state index in [1.54, 1.807) is 11.3 Å². The lowest BCUT2D eigenvalue weighted by atomic mass is 10.2. The van der Waals surface area contributed by atoms with Crippen molar-refractivity contribution in [3.8, 4) is 0 Å². The smallest absolute Gasteiger partial charge is 0.0940 e. The van der Waals surface area contributed by atoms with Gasteiger partial charge in [0.2, 0.25) is 0 Å². The summed E-state index contributed by atoms with van der Waals surface area (Å²) >= 11 is 11.8. The molecule has 0 nitrogen and oxygen atoms in total. The Kier molecular flexibility index (Phi) is 2.07. The predicted molar refractivity (Wildman–Crippen MR) is 58.8 cm³/mol. The third-order valence-electron chi connectivity index (χ3n) is 1.76. The minimum absolute atomic E-state index is 0.840. The highest BCUT2D eigenvalue weighted by Crippen LogP contribution is 2.33. The summed E-state index contributed by atoms with van der Waals surface area (Å²) in [7, 11) is 0. The van der Waals surface area contributed by atoms with Crippen molar-refractivity contribution in [1.82, 2.24) is 0 Å². The molecule has 3 heteroatoms. The summed E-state index contributed by atoms with van der Waals surface area (Å²) in [5.74, 6) is 0. The minimum Gasteiger partial charge on any atom is -0.143 e. The maximum absolute atomic E-state index is 5.90. The molecule has 1 aromatic heterocycles. The summed E-state index contributed by atoms with van der Waals surface area (Å²) in [5.41, 5.74) is 1.24. The van der Waals surface area contributed by atoms with Crippen molar-refractivity contribution < 1.29 is 0 Å². The van der Waals surface area contributed by atoms with Crippen LogP contribution in [0.5, 0.6) is 0 Å². The van der Waals surface area contributed by atoms with E-state index in [2.05, 4.69) is 25.6 Å². The second-order valence-electron chi connectivity index (χ2n) is 2.73. The summed E-state index contributed by atoms with van der Waals surface area (Å²) in [4.78, 5) is 0.995. The molecule has 0 bridgehead atoms. The molecular weight excluding hydrogens is 208 g/mol. The molecule has 0 saturated heterocycles. The van der Waals surface area contributed by atoms with Crippen LogP contribution in [0.2, 0.25) is 4.34 Å². The van der Waals surface area contributed by atoms with Gasteiger partial charge >= 0.3 is 0 Å². The number of halogens is 1. The highest BCUT2D eigenvalue weighted by atomic mass is 35.5. The third-order valence-corrected chi connectivity index (χ3v) is 3.43. The fourth-order valence-electron chi connectivity index (χ4n) is 1.28. The molecule has 2 rings (SSSR count). The van der Waals surface area contributed by atoms with E-state index in [0.29, 0.717) is 0 Å². The Hall–Kier alpha value is -0.180. The molecule has 0 radical (unpaired) electrons. The second-order valence-corrected chi connectivity index (χ2v) is 4.93. The van der Waals surface area contributed by atoms with Crippen LogP contribution >= 0.6 is 35.6 Å². The first-order valence-electron chi connectivity index (χ1n) is 3.55. The molecule has 0 aliphatic rings. The van der Waals surface area contributed by atoms with E-state index in [1.807, 2.05) is 12.1 Å². The van der Waals surface area contributed by atoms with Crippen LogP contribution in [-0.2, 0) is 0 Å². The average Bonchev–Trinajstić information content (AvgIpc) is 2.29. The van der Waals surface area contributed by atoms with Crippen molar-refractivity contribution in [3.05, 3.63) is 28.1 Å². The first-order valence-corrected chi connectivity index (χ1v) is 5.19. The van der Waals surface area contributed by atoms with Gasteiger partial charge in [0, 0.05) is 9.60 Å². The Balaban J connectivity index is 2.88. The maximum atomic E-state index is 5.90. The summed E-state index contributed by atoms with van der Waals surface area (Å²) in [6.45, 7) is 2.08. The molecule has 0 aliphatic carbocycles. The molecule has 0 aliphatic heterocycles. The van der Waals surface area contributed by atoms with Crippen LogP contribution in [0.25, 0.3) is 10.1 Å². The van der Waals surface area contributed by atoms with E-state index < -0.39 is 0 Å². The molecule has 0 atom stereocenters. The van der Waals surface area contributed by atoms with Crippen molar-refractivity contribution in [2.45, 2.75) is 11.8 Å². The summed E-state index contributed by atoms with van der Waals surface area (Å²) in [6, 6.07) is 6.07. The Morgan fingerprint density at radius 3 is 2.83 bits per heavy atom. The monoisotopic (exact) mass is 214 g/mol. The van der Waals surface area contributed by atoms with Crippen molar-refractivity contribution >= 4 is 45.7 Å². The highest BCUT2D eigenvalue weighted by Gasteiger charge is 2.02. The lowest BCUT2D eigenvalue weighted by Gasteiger charge is -1.96. The van der Waals surface area contributed by atoms with Gasteiger partial charge in [-0.3, -0.25) is 0 Å². The molecule has 0 unspecified atom stereocenters. The van der Waals surface area contributed by atoms with Gasteiger partial charge in [0.1, 0.15) is 0 Å². The normalized spacial score (nSPS) is 10.9. The van der Waals surface area contributed by atoms with E-state index in [-0.39, 0.29) is 0 Å². The van der Waals surface area contributed by atoms with Crippen molar-refractivity contribution in [2.75, 3.05) is 0 Å². The molecule has 0 N–H and O–H groups in total. The van der Waals surface area contributed by atoms with E-state index in [9.17, 15) is 0 Å². The van der Waals surface area contributed by atoms with Gasteiger partial charge in [0.15, 0.2) is 0 Å². The largest absolute Gasteiger partial charge is 0.143 e. The molecule has 0 spiro atoms. The molecule has 0 amide bonds. The molecule has 12 heavy (non-hydrogen) atoms. The van der Waals surface area contributed by atoms with Gasteiger partial charge in [0.05, 0.1) is 4.34 Å². The van der Waals surface area contributed by atoms with Crippen LogP contribution in [0, 0.1) is 6.92 Å². The zero-order valence-corrected chi connectivity index (χ0v) is 8.93. The van der Waals surface area contributed by atoms with Crippen molar-refractivity contribution in [2.24, 2.45) is 0 Å². The number of aryl methyl sites for hydroxylation is 1. The zero-order chi connectivity index (χ0) is 8.72. The van der Waals surface area contributed by atoms with Crippen molar-refractivity contribution in [3.63, 3.8) is 0 Å². The summed E-state index contributed by atoms with van der Waals surface area (Å²) in [6.07, 6.45) is 0. The summed E-state index contributed by atoms with van der Waals surface area (Å²) < 4.78 is 2.10. The number of fused-ring (bicyclic) bond motifs is 1. The standard InChI is InChI=1S/C9H7ClS2/c1-5-2-7(11)3-6-4-8(10)12-9(5)6/h2-4,11H,1H3.